The largest absolute Gasteiger partial charge is 0.311 e. The summed E-state index contributed by atoms with van der Waals surface area (Å²) in [6.45, 7) is 0.760. The number of thiophene rings is 1. The lowest BCUT2D eigenvalue weighted by Crippen LogP contribution is -2.36. The van der Waals surface area contributed by atoms with E-state index in [9.17, 15) is 9.59 Å². The zero-order valence-corrected chi connectivity index (χ0v) is 19.0. The van der Waals surface area contributed by atoms with Crippen LogP contribution in [0, 0.1) is 0 Å². The molecule has 1 aliphatic heterocycles. The van der Waals surface area contributed by atoms with Crippen LogP contribution in [0.3, 0.4) is 0 Å². The van der Waals surface area contributed by atoms with E-state index in [1.54, 1.807) is 11.3 Å². The van der Waals surface area contributed by atoms with Crippen LogP contribution in [0.4, 0.5) is 5.69 Å². The monoisotopic (exact) mass is 489 g/mol. The van der Waals surface area contributed by atoms with Gasteiger partial charge >= 0.3 is 0 Å². The lowest BCUT2D eigenvalue weighted by Gasteiger charge is -2.29. The van der Waals surface area contributed by atoms with Gasteiger partial charge in [0.25, 0.3) is 5.56 Å². The fraction of sp³-hybridized carbons (Fsp3) is 0.381. The third-order valence-corrected chi connectivity index (χ3v) is 8.16. The van der Waals surface area contributed by atoms with Gasteiger partial charge in [0.15, 0.2) is 0 Å². The molecule has 1 amide bonds. The zero-order chi connectivity index (χ0) is 20.0. The first-order valence-corrected chi connectivity index (χ1v) is 12.6. The van der Waals surface area contributed by atoms with Crippen LogP contribution >= 0.6 is 39.0 Å². The van der Waals surface area contributed by atoms with E-state index in [1.807, 2.05) is 17.0 Å². The predicted octanol–water partition coefficient (Wildman–Crippen LogP) is 4.45. The van der Waals surface area contributed by atoms with Gasteiger partial charge < -0.3 is 9.88 Å². The van der Waals surface area contributed by atoms with Crippen LogP contribution in [0.1, 0.15) is 34.7 Å². The van der Waals surface area contributed by atoms with E-state index in [2.05, 4.69) is 32.0 Å². The lowest BCUT2D eigenvalue weighted by molar-refractivity contribution is -0.116. The van der Waals surface area contributed by atoms with Gasteiger partial charge in [0.2, 0.25) is 5.91 Å². The van der Waals surface area contributed by atoms with Gasteiger partial charge in [-0.3, -0.25) is 9.59 Å². The predicted molar refractivity (Wildman–Crippen MR) is 123 cm³/mol. The maximum absolute atomic E-state index is 12.8. The molecule has 150 valence electrons. The minimum absolute atomic E-state index is 0.0353. The number of benzene rings is 1. The number of carbonyl (C=O) groups is 1. The summed E-state index contributed by atoms with van der Waals surface area (Å²) >= 11 is 6.67. The number of aromatic nitrogens is 2. The van der Waals surface area contributed by atoms with Crippen molar-refractivity contribution in [2.75, 3.05) is 17.2 Å². The Labute approximate surface area is 185 Å². The van der Waals surface area contributed by atoms with Crippen molar-refractivity contribution in [1.29, 1.82) is 0 Å². The molecule has 0 radical (unpaired) electrons. The highest BCUT2D eigenvalue weighted by atomic mass is 79.9. The summed E-state index contributed by atoms with van der Waals surface area (Å²) in [5, 5.41) is 0.781. The molecule has 0 saturated carbocycles. The normalized spacial score (nSPS) is 15.6. The van der Waals surface area contributed by atoms with Gasteiger partial charge in [0, 0.05) is 21.6 Å². The lowest BCUT2D eigenvalue weighted by atomic mass is 10.0. The first-order valence-electron chi connectivity index (χ1n) is 9.80. The Kier molecular flexibility index (Phi) is 5.26. The van der Waals surface area contributed by atoms with Crippen LogP contribution in [-0.4, -0.2) is 28.2 Å². The quantitative estimate of drug-likeness (QED) is 0.587. The molecule has 2 aliphatic rings. The van der Waals surface area contributed by atoms with Crippen molar-refractivity contribution in [3.8, 4) is 0 Å². The van der Waals surface area contributed by atoms with E-state index in [0.29, 0.717) is 17.3 Å². The third-order valence-electron chi connectivity index (χ3n) is 5.55. The molecule has 0 unspecified atom stereocenters. The van der Waals surface area contributed by atoms with E-state index in [-0.39, 0.29) is 11.5 Å². The van der Waals surface area contributed by atoms with E-state index < -0.39 is 0 Å². The molecule has 5 nitrogen and oxygen atoms in total. The van der Waals surface area contributed by atoms with Crippen LogP contribution in [0.2, 0.25) is 0 Å². The number of aryl methyl sites for hydroxylation is 3. The molecule has 3 aromatic rings. The van der Waals surface area contributed by atoms with Gasteiger partial charge in [-0.05, 0) is 61.4 Å². The molecular weight excluding hydrogens is 470 g/mol. The second kappa shape index (κ2) is 7.89. The SMILES string of the molecule is O=C(CSCc1nc2sc3c(c2c(=O)[nH]1)CCC3)N1CCCc2cc(Br)ccc21. The number of thioether (sulfide) groups is 1. The maximum Gasteiger partial charge on any atom is 0.259 e. The maximum atomic E-state index is 12.8. The number of anilines is 1. The van der Waals surface area contributed by atoms with Gasteiger partial charge in [-0.15, -0.1) is 23.1 Å². The van der Waals surface area contributed by atoms with Crippen molar-refractivity contribution in [2.24, 2.45) is 0 Å². The first kappa shape index (κ1) is 19.3. The van der Waals surface area contributed by atoms with Crippen molar-refractivity contribution < 1.29 is 4.79 Å². The average Bonchev–Trinajstić information content (AvgIpc) is 3.28. The average molecular weight is 490 g/mol. The van der Waals surface area contributed by atoms with Crippen molar-refractivity contribution in [1.82, 2.24) is 9.97 Å². The summed E-state index contributed by atoms with van der Waals surface area (Å²) in [4.78, 5) is 37.0. The molecule has 1 aliphatic carbocycles. The van der Waals surface area contributed by atoms with Crippen LogP contribution in [0.25, 0.3) is 10.2 Å². The van der Waals surface area contributed by atoms with E-state index in [0.717, 1.165) is 59.0 Å². The number of nitrogens with zero attached hydrogens (tertiary/aromatic N) is 2. The topological polar surface area (TPSA) is 66.1 Å². The Morgan fingerprint density at radius 3 is 3.07 bits per heavy atom. The molecule has 1 aromatic carbocycles. The van der Waals surface area contributed by atoms with Gasteiger partial charge in [0.05, 0.1) is 16.9 Å². The number of amides is 1. The summed E-state index contributed by atoms with van der Waals surface area (Å²) in [6, 6.07) is 6.11. The highest BCUT2D eigenvalue weighted by Gasteiger charge is 2.23. The highest BCUT2D eigenvalue weighted by molar-refractivity contribution is 9.10. The highest BCUT2D eigenvalue weighted by Crippen LogP contribution is 2.35. The standard InChI is InChI=1S/C21H20BrN3O2S2/c22-13-6-7-15-12(9-13)3-2-8-25(15)18(26)11-28-10-17-23-20(27)19-14-4-1-5-16(14)29-21(19)24-17/h6-7,9H,1-5,8,10-11H2,(H,23,24,27). The fourth-order valence-electron chi connectivity index (χ4n) is 4.25. The van der Waals surface area contributed by atoms with E-state index in [1.165, 1.54) is 27.8 Å². The molecule has 0 atom stereocenters. The number of rotatable bonds is 4. The Hall–Kier alpha value is -1.64. The van der Waals surface area contributed by atoms with Crippen LogP contribution < -0.4 is 10.5 Å². The van der Waals surface area contributed by atoms with Crippen molar-refractivity contribution in [3.05, 3.63) is 54.9 Å². The van der Waals surface area contributed by atoms with E-state index in [4.69, 9.17) is 0 Å². The molecule has 0 spiro atoms. The Balaban J connectivity index is 1.27. The summed E-state index contributed by atoms with van der Waals surface area (Å²) in [5.74, 6) is 1.67. The number of halogens is 1. The Morgan fingerprint density at radius 1 is 1.28 bits per heavy atom. The molecular formula is C21H20BrN3O2S2. The summed E-state index contributed by atoms with van der Waals surface area (Å²) in [5.41, 5.74) is 3.40. The number of hydrogen-bond donors (Lipinski definition) is 1. The molecule has 0 saturated heterocycles. The number of nitrogens with one attached hydrogen (secondary N) is 1. The molecule has 8 heteroatoms. The fourth-order valence-corrected chi connectivity index (χ4v) is 6.70. The summed E-state index contributed by atoms with van der Waals surface area (Å²) in [7, 11) is 0. The smallest absolute Gasteiger partial charge is 0.259 e. The van der Waals surface area contributed by atoms with Gasteiger partial charge in [-0.1, -0.05) is 15.9 Å². The molecule has 0 bridgehead atoms. The Bertz CT molecular complexity index is 1170. The minimum Gasteiger partial charge on any atom is -0.311 e. The number of aromatic amines is 1. The first-order chi connectivity index (χ1) is 14.1. The molecule has 3 heterocycles. The summed E-state index contributed by atoms with van der Waals surface area (Å²) < 4.78 is 1.05. The molecule has 29 heavy (non-hydrogen) atoms. The zero-order valence-electron chi connectivity index (χ0n) is 15.8. The second-order valence-corrected chi connectivity index (χ2v) is 10.4. The van der Waals surface area contributed by atoms with Crippen LogP contribution in [0.15, 0.2) is 27.5 Å². The van der Waals surface area contributed by atoms with Gasteiger partial charge in [-0.2, -0.15) is 0 Å². The minimum atomic E-state index is -0.0353. The van der Waals surface area contributed by atoms with Crippen molar-refractivity contribution in [2.45, 2.75) is 37.9 Å². The van der Waals surface area contributed by atoms with Crippen molar-refractivity contribution in [3.63, 3.8) is 0 Å². The Morgan fingerprint density at radius 2 is 2.17 bits per heavy atom. The molecule has 1 N–H and O–H groups in total. The van der Waals surface area contributed by atoms with E-state index >= 15 is 0 Å². The molecule has 5 rings (SSSR count). The summed E-state index contributed by atoms with van der Waals surface area (Å²) in [6.07, 6.45) is 5.15. The van der Waals surface area contributed by atoms with Crippen LogP contribution in [-0.2, 0) is 29.8 Å². The molecule has 2 aromatic heterocycles. The second-order valence-electron chi connectivity index (χ2n) is 7.46. The number of H-pyrrole nitrogens is 1. The molecule has 0 fully saturated rings. The van der Waals surface area contributed by atoms with Gasteiger partial charge in [0.1, 0.15) is 10.7 Å². The van der Waals surface area contributed by atoms with Gasteiger partial charge in [-0.25, -0.2) is 4.98 Å². The number of fused-ring (bicyclic) bond motifs is 4. The van der Waals surface area contributed by atoms with Crippen LogP contribution in [0.5, 0.6) is 0 Å². The third kappa shape index (κ3) is 3.66. The number of carbonyl (C=O) groups excluding carboxylic acids is 1. The number of hydrogen-bond acceptors (Lipinski definition) is 5. The van der Waals surface area contributed by atoms with Crippen molar-refractivity contribution >= 4 is 60.8 Å².